The molecule has 5 nitrogen and oxygen atoms in total. The number of para-hydroxylation sites is 1. The number of benzene rings is 1. The first-order valence-electron chi connectivity index (χ1n) is 6.38. The van der Waals surface area contributed by atoms with Crippen molar-refractivity contribution in [3.05, 3.63) is 30.3 Å². The number of urea groups is 1. The molecule has 5 heteroatoms. The summed E-state index contributed by atoms with van der Waals surface area (Å²) >= 11 is 0. The minimum atomic E-state index is -0.607. The van der Waals surface area contributed by atoms with Crippen molar-refractivity contribution in [1.82, 2.24) is 10.6 Å². The lowest BCUT2D eigenvalue weighted by molar-refractivity contribution is 0.181. The fourth-order valence-electron chi connectivity index (χ4n) is 1.37. The number of nitrogens with one attached hydrogen (secondary N) is 2. The van der Waals surface area contributed by atoms with Crippen molar-refractivity contribution >= 4 is 6.03 Å². The van der Waals surface area contributed by atoms with Crippen LogP contribution in [0.3, 0.4) is 0 Å². The molecule has 1 aromatic rings. The molecule has 0 unspecified atom stereocenters. The average Bonchev–Trinajstić information content (AvgIpc) is 2.39. The number of carbonyl (C=O) groups is 1. The van der Waals surface area contributed by atoms with E-state index in [1.165, 1.54) is 0 Å². The van der Waals surface area contributed by atoms with Gasteiger partial charge >= 0.3 is 6.03 Å². The van der Waals surface area contributed by atoms with Crippen molar-refractivity contribution in [2.45, 2.75) is 25.8 Å². The van der Waals surface area contributed by atoms with Gasteiger partial charge in [0.25, 0.3) is 0 Å². The normalized spacial score (nSPS) is 10.9. The zero-order valence-corrected chi connectivity index (χ0v) is 11.5. The maximum atomic E-state index is 11.5. The minimum absolute atomic E-state index is 0.0997. The number of carbonyl (C=O) groups excluding carboxylic acids is 1. The summed E-state index contributed by atoms with van der Waals surface area (Å²) in [5.74, 6) is 0.827. The second kappa shape index (κ2) is 7.63. The summed E-state index contributed by atoms with van der Waals surface area (Å²) in [4.78, 5) is 11.5. The first kappa shape index (κ1) is 15.3. The van der Waals surface area contributed by atoms with Gasteiger partial charge in [-0.15, -0.1) is 0 Å². The van der Waals surface area contributed by atoms with E-state index >= 15 is 0 Å². The average molecular weight is 266 g/mol. The summed E-state index contributed by atoms with van der Waals surface area (Å²) in [6.45, 7) is 4.49. The largest absolute Gasteiger partial charge is 0.494 e. The Labute approximate surface area is 114 Å². The van der Waals surface area contributed by atoms with Gasteiger partial charge in [-0.25, -0.2) is 4.79 Å². The van der Waals surface area contributed by atoms with E-state index in [0.29, 0.717) is 13.2 Å². The van der Waals surface area contributed by atoms with Gasteiger partial charge in [-0.05, 0) is 32.4 Å². The first-order valence-corrected chi connectivity index (χ1v) is 6.38. The zero-order chi connectivity index (χ0) is 14.1. The van der Waals surface area contributed by atoms with Crippen LogP contribution in [0.1, 0.15) is 20.3 Å². The van der Waals surface area contributed by atoms with Gasteiger partial charge in [0.1, 0.15) is 5.75 Å². The van der Waals surface area contributed by atoms with Crippen molar-refractivity contribution in [3.8, 4) is 5.75 Å². The van der Waals surface area contributed by atoms with E-state index < -0.39 is 5.54 Å². The molecule has 0 heterocycles. The Kier molecular flexibility index (Phi) is 6.15. The van der Waals surface area contributed by atoms with E-state index in [9.17, 15) is 4.79 Å². The van der Waals surface area contributed by atoms with E-state index in [-0.39, 0.29) is 12.6 Å². The molecule has 0 aliphatic rings. The van der Waals surface area contributed by atoms with Crippen LogP contribution >= 0.6 is 0 Å². The lowest BCUT2D eigenvalue weighted by Gasteiger charge is -2.23. The fraction of sp³-hybridized carbons (Fsp3) is 0.500. The molecule has 0 atom stereocenters. The second-order valence-electron chi connectivity index (χ2n) is 4.94. The van der Waals surface area contributed by atoms with Crippen molar-refractivity contribution in [2.75, 3.05) is 19.8 Å². The van der Waals surface area contributed by atoms with Crippen molar-refractivity contribution < 1.29 is 14.6 Å². The highest BCUT2D eigenvalue weighted by Crippen LogP contribution is 2.08. The number of ether oxygens (including phenoxy) is 1. The van der Waals surface area contributed by atoms with Crippen molar-refractivity contribution in [3.63, 3.8) is 0 Å². The van der Waals surface area contributed by atoms with Crippen LogP contribution in [-0.4, -0.2) is 36.4 Å². The van der Waals surface area contributed by atoms with Crippen molar-refractivity contribution in [1.29, 1.82) is 0 Å². The molecule has 1 rings (SSSR count). The van der Waals surface area contributed by atoms with Crippen LogP contribution in [0.15, 0.2) is 30.3 Å². The summed E-state index contributed by atoms with van der Waals surface area (Å²) < 4.78 is 5.50. The molecule has 0 saturated carbocycles. The Bertz CT molecular complexity index is 380. The zero-order valence-electron chi connectivity index (χ0n) is 11.5. The Balaban J connectivity index is 2.09. The van der Waals surface area contributed by atoms with Gasteiger partial charge < -0.3 is 20.5 Å². The van der Waals surface area contributed by atoms with Gasteiger partial charge in [0, 0.05) is 6.54 Å². The quantitative estimate of drug-likeness (QED) is 0.655. The maximum absolute atomic E-state index is 11.5. The van der Waals surface area contributed by atoms with Crippen LogP contribution in [0.4, 0.5) is 4.79 Å². The fourth-order valence-corrected chi connectivity index (χ4v) is 1.37. The molecule has 0 aliphatic heterocycles. The monoisotopic (exact) mass is 266 g/mol. The molecule has 0 spiro atoms. The van der Waals surface area contributed by atoms with Crippen LogP contribution in [0.5, 0.6) is 5.75 Å². The van der Waals surface area contributed by atoms with E-state index in [0.717, 1.165) is 12.2 Å². The summed E-state index contributed by atoms with van der Waals surface area (Å²) in [5.41, 5.74) is -0.607. The third-order valence-electron chi connectivity index (χ3n) is 2.47. The van der Waals surface area contributed by atoms with Crippen LogP contribution < -0.4 is 15.4 Å². The molecule has 0 fully saturated rings. The molecule has 0 saturated heterocycles. The predicted octanol–water partition coefficient (Wildman–Crippen LogP) is 1.53. The summed E-state index contributed by atoms with van der Waals surface area (Å²) in [6, 6.07) is 9.27. The number of hydrogen-bond acceptors (Lipinski definition) is 3. The lowest BCUT2D eigenvalue weighted by Crippen LogP contribution is -2.50. The van der Waals surface area contributed by atoms with Crippen LogP contribution in [0, 0.1) is 0 Å². The third kappa shape index (κ3) is 6.67. The van der Waals surface area contributed by atoms with Crippen LogP contribution in [0.2, 0.25) is 0 Å². The highest BCUT2D eigenvalue weighted by Gasteiger charge is 2.18. The van der Waals surface area contributed by atoms with Crippen LogP contribution in [-0.2, 0) is 0 Å². The Morgan fingerprint density at radius 1 is 1.32 bits per heavy atom. The van der Waals surface area contributed by atoms with Gasteiger partial charge in [0.15, 0.2) is 0 Å². The summed E-state index contributed by atoms with van der Waals surface area (Å²) in [7, 11) is 0. The number of aliphatic hydroxyl groups excluding tert-OH is 1. The number of rotatable bonds is 7. The smallest absolute Gasteiger partial charge is 0.315 e. The maximum Gasteiger partial charge on any atom is 0.315 e. The van der Waals surface area contributed by atoms with E-state index in [1.54, 1.807) is 13.8 Å². The molecular formula is C14H22N2O3. The second-order valence-corrected chi connectivity index (χ2v) is 4.94. The molecular weight excluding hydrogens is 244 g/mol. The highest BCUT2D eigenvalue weighted by molar-refractivity contribution is 5.74. The molecule has 0 bridgehead atoms. The number of hydrogen-bond donors (Lipinski definition) is 3. The molecule has 3 N–H and O–H groups in total. The van der Waals surface area contributed by atoms with Crippen molar-refractivity contribution in [2.24, 2.45) is 0 Å². The van der Waals surface area contributed by atoms with E-state index in [2.05, 4.69) is 10.6 Å². The van der Waals surface area contributed by atoms with E-state index in [1.807, 2.05) is 30.3 Å². The molecule has 0 aromatic heterocycles. The standard InChI is InChI=1S/C14H22N2O3/c1-14(2,11-17)16-13(18)15-9-6-10-19-12-7-4-3-5-8-12/h3-5,7-8,17H,6,9-11H2,1-2H3,(H2,15,16,18). The summed E-state index contributed by atoms with van der Waals surface area (Å²) in [6.07, 6.45) is 0.724. The lowest BCUT2D eigenvalue weighted by atomic mass is 10.1. The minimum Gasteiger partial charge on any atom is -0.494 e. The topological polar surface area (TPSA) is 70.6 Å². The first-order chi connectivity index (χ1) is 9.03. The molecule has 0 radical (unpaired) electrons. The molecule has 0 aliphatic carbocycles. The van der Waals surface area contributed by atoms with Gasteiger partial charge in [0.2, 0.25) is 0 Å². The Hall–Kier alpha value is -1.75. The number of aliphatic hydroxyl groups is 1. The van der Waals surface area contributed by atoms with Gasteiger partial charge in [-0.2, -0.15) is 0 Å². The molecule has 2 amide bonds. The summed E-state index contributed by atoms with van der Waals surface area (Å²) in [5, 5.41) is 14.4. The highest BCUT2D eigenvalue weighted by atomic mass is 16.5. The SMILES string of the molecule is CC(C)(CO)NC(=O)NCCCOc1ccccc1. The van der Waals surface area contributed by atoms with Crippen LogP contribution in [0.25, 0.3) is 0 Å². The van der Waals surface area contributed by atoms with E-state index in [4.69, 9.17) is 9.84 Å². The Morgan fingerprint density at radius 3 is 2.63 bits per heavy atom. The number of amides is 2. The van der Waals surface area contributed by atoms with Gasteiger partial charge in [-0.3, -0.25) is 0 Å². The van der Waals surface area contributed by atoms with Gasteiger partial charge in [-0.1, -0.05) is 18.2 Å². The Morgan fingerprint density at radius 2 is 2.00 bits per heavy atom. The molecule has 1 aromatic carbocycles. The molecule has 19 heavy (non-hydrogen) atoms. The molecule has 106 valence electrons. The predicted molar refractivity (Wildman–Crippen MR) is 74.3 cm³/mol. The van der Waals surface area contributed by atoms with Gasteiger partial charge in [0.05, 0.1) is 18.8 Å². The third-order valence-corrected chi connectivity index (χ3v) is 2.47.